The lowest BCUT2D eigenvalue weighted by molar-refractivity contribution is -0.116. The van der Waals surface area contributed by atoms with Gasteiger partial charge in [-0.15, -0.1) is 0 Å². The van der Waals surface area contributed by atoms with Crippen LogP contribution in [0, 0.1) is 0 Å². The van der Waals surface area contributed by atoms with Crippen LogP contribution in [0.4, 0.5) is 5.69 Å². The minimum Gasteiger partial charge on any atom is -0.436 e. The van der Waals surface area contributed by atoms with Gasteiger partial charge < -0.3 is 9.73 Å². The number of anilines is 1. The van der Waals surface area contributed by atoms with Crippen molar-refractivity contribution < 1.29 is 9.21 Å². The third kappa shape index (κ3) is 4.74. The molecule has 1 heterocycles. The van der Waals surface area contributed by atoms with Crippen LogP contribution in [0.15, 0.2) is 40.8 Å². The van der Waals surface area contributed by atoms with Crippen molar-refractivity contribution in [1.29, 1.82) is 0 Å². The van der Waals surface area contributed by atoms with Gasteiger partial charge in [0.1, 0.15) is 5.52 Å². The Balaban J connectivity index is 1.84. The lowest BCUT2D eigenvalue weighted by atomic mass is 9.98. The summed E-state index contributed by atoms with van der Waals surface area (Å²) in [6.07, 6.45) is 4.58. The number of rotatable bonds is 8. The summed E-state index contributed by atoms with van der Waals surface area (Å²) >= 11 is 6.27. The number of halogens is 1. The molecule has 3 aromatic rings. The molecule has 28 heavy (non-hydrogen) atoms. The second-order valence-corrected chi connectivity index (χ2v) is 7.66. The number of nitrogens with zero attached hydrogens (tertiary/aromatic N) is 1. The highest BCUT2D eigenvalue weighted by Crippen LogP contribution is 2.32. The number of aromatic nitrogens is 1. The molecule has 148 valence electrons. The van der Waals surface area contributed by atoms with E-state index in [0.717, 1.165) is 42.3 Å². The van der Waals surface area contributed by atoms with Crippen LogP contribution in [0.3, 0.4) is 0 Å². The van der Waals surface area contributed by atoms with E-state index in [1.165, 1.54) is 5.56 Å². The SMILES string of the molecule is CCCCCC(=O)Nc1cc(-c2nc3cc(C(C)CC)ccc3o2)ccc1Cl. The minimum atomic E-state index is -0.0248. The van der Waals surface area contributed by atoms with Gasteiger partial charge in [-0.1, -0.05) is 51.3 Å². The maximum absolute atomic E-state index is 12.1. The van der Waals surface area contributed by atoms with Gasteiger partial charge in [0.2, 0.25) is 11.8 Å². The molecular weight excluding hydrogens is 372 g/mol. The van der Waals surface area contributed by atoms with Crippen LogP contribution in [0.1, 0.15) is 64.4 Å². The van der Waals surface area contributed by atoms with Crippen LogP contribution in [0.5, 0.6) is 0 Å². The summed E-state index contributed by atoms with van der Waals surface area (Å²) in [6, 6.07) is 11.6. The number of amides is 1. The third-order valence-electron chi connectivity index (χ3n) is 5.09. The Morgan fingerprint density at radius 2 is 2.00 bits per heavy atom. The molecule has 1 N–H and O–H groups in total. The van der Waals surface area contributed by atoms with E-state index in [-0.39, 0.29) is 5.91 Å². The van der Waals surface area contributed by atoms with Crippen molar-refractivity contribution in [1.82, 2.24) is 4.98 Å². The lowest BCUT2D eigenvalue weighted by Gasteiger charge is -2.08. The van der Waals surface area contributed by atoms with Gasteiger partial charge in [0.15, 0.2) is 5.58 Å². The molecule has 0 saturated heterocycles. The molecule has 0 radical (unpaired) electrons. The normalized spacial score (nSPS) is 12.3. The monoisotopic (exact) mass is 398 g/mol. The van der Waals surface area contributed by atoms with E-state index in [1.807, 2.05) is 18.2 Å². The van der Waals surface area contributed by atoms with Crippen molar-refractivity contribution in [3.8, 4) is 11.5 Å². The summed E-state index contributed by atoms with van der Waals surface area (Å²) in [7, 11) is 0. The standard InChI is InChI=1S/C23H27ClN2O2/c1-4-6-7-8-22(27)25-19-14-17(9-11-18(19)24)23-26-20-13-16(15(3)5-2)10-12-21(20)28-23/h9-15H,4-8H2,1-3H3,(H,25,27). The highest BCUT2D eigenvalue weighted by atomic mass is 35.5. The summed E-state index contributed by atoms with van der Waals surface area (Å²) in [6.45, 7) is 6.50. The van der Waals surface area contributed by atoms with Crippen molar-refractivity contribution in [2.24, 2.45) is 0 Å². The fraction of sp³-hybridized carbons (Fsp3) is 0.391. The zero-order valence-electron chi connectivity index (χ0n) is 16.7. The van der Waals surface area contributed by atoms with E-state index in [4.69, 9.17) is 16.0 Å². The average Bonchev–Trinajstić information content (AvgIpc) is 3.12. The first kappa shape index (κ1) is 20.4. The number of nitrogens with one attached hydrogen (secondary N) is 1. The van der Waals surface area contributed by atoms with E-state index in [9.17, 15) is 4.79 Å². The highest BCUT2D eigenvalue weighted by molar-refractivity contribution is 6.33. The Labute approximate surface area is 171 Å². The Morgan fingerprint density at radius 1 is 1.18 bits per heavy atom. The Bertz CT molecular complexity index is 964. The smallest absolute Gasteiger partial charge is 0.227 e. The van der Waals surface area contributed by atoms with Crippen molar-refractivity contribution >= 4 is 34.3 Å². The predicted molar refractivity (Wildman–Crippen MR) is 116 cm³/mol. The van der Waals surface area contributed by atoms with E-state index in [1.54, 1.807) is 6.07 Å². The van der Waals surface area contributed by atoms with Gasteiger partial charge in [0, 0.05) is 12.0 Å². The Kier molecular flexibility index (Phi) is 6.74. The van der Waals surface area contributed by atoms with Gasteiger partial charge in [-0.25, -0.2) is 4.98 Å². The van der Waals surface area contributed by atoms with Gasteiger partial charge in [0.25, 0.3) is 0 Å². The van der Waals surface area contributed by atoms with Crippen molar-refractivity contribution in [2.75, 3.05) is 5.32 Å². The molecule has 3 rings (SSSR count). The van der Waals surface area contributed by atoms with E-state index >= 15 is 0 Å². The zero-order chi connectivity index (χ0) is 20.1. The summed E-state index contributed by atoms with van der Waals surface area (Å²) < 4.78 is 5.93. The van der Waals surface area contributed by atoms with Gasteiger partial charge in [-0.2, -0.15) is 0 Å². The summed E-state index contributed by atoms with van der Waals surface area (Å²) in [5.74, 6) is 0.979. The number of carbonyl (C=O) groups is 1. The molecule has 5 heteroatoms. The first-order valence-electron chi connectivity index (χ1n) is 10.0. The Morgan fingerprint density at radius 3 is 2.75 bits per heavy atom. The maximum Gasteiger partial charge on any atom is 0.227 e. The molecule has 1 aromatic heterocycles. The molecule has 1 atom stereocenters. The first-order chi connectivity index (χ1) is 13.5. The van der Waals surface area contributed by atoms with Crippen LogP contribution >= 0.6 is 11.6 Å². The molecule has 0 spiro atoms. The highest BCUT2D eigenvalue weighted by Gasteiger charge is 2.13. The summed E-state index contributed by atoms with van der Waals surface area (Å²) in [4.78, 5) is 16.8. The largest absolute Gasteiger partial charge is 0.436 e. The number of hydrogen-bond donors (Lipinski definition) is 1. The quantitative estimate of drug-likeness (QED) is 0.409. The molecule has 4 nitrogen and oxygen atoms in total. The van der Waals surface area contributed by atoms with Gasteiger partial charge in [0.05, 0.1) is 10.7 Å². The molecule has 0 bridgehead atoms. The molecule has 1 unspecified atom stereocenters. The number of carbonyl (C=O) groups excluding carboxylic acids is 1. The maximum atomic E-state index is 12.1. The molecule has 0 aliphatic rings. The molecule has 0 fully saturated rings. The number of oxazole rings is 1. The average molecular weight is 399 g/mol. The second kappa shape index (κ2) is 9.24. The van der Waals surface area contributed by atoms with Crippen LogP contribution in [-0.2, 0) is 4.79 Å². The molecule has 0 aliphatic carbocycles. The second-order valence-electron chi connectivity index (χ2n) is 7.26. The summed E-state index contributed by atoms with van der Waals surface area (Å²) in [5, 5.41) is 3.41. The molecular formula is C23H27ClN2O2. The molecule has 0 saturated carbocycles. The van der Waals surface area contributed by atoms with Crippen molar-refractivity contribution in [3.05, 3.63) is 47.0 Å². The van der Waals surface area contributed by atoms with Crippen LogP contribution in [0.25, 0.3) is 22.6 Å². The van der Waals surface area contributed by atoms with Crippen LogP contribution < -0.4 is 5.32 Å². The zero-order valence-corrected chi connectivity index (χ0v) is 17.5. The number of fused-ring (bicyclic) bond motifs is 1. The molecule has 2 aromatic carbocycles. The van der Waals surface area contributed by atoms with Gasteiger partial charge in [-0.05, 0) is 54.7 Å². The summed E-state index contributed by atoms with van der Waals surface area (Å²) in [5.41, 5.74) is 4.22. The molecule has 1 amide bonds. The molecule has 0 aliphatic heterocycles. The fourth-order valence-corrected chi connectivity index (χ4v) is 3.28. The minimum absolute atomic E-state index is 0.0248. The number of benzene rings is 2. The topological polar surface area (TPSA) is 55.1 Å². The Hall–Kier alpha value is -2.33. The van der Waals surface area contributed by atoms with E-state index in [2.05, 4.69) is 43.2 Å². The lowest BCUT2D eigenvalue weighted by Crippen LogP contribution is -2.11. The van der Waals surface area contributed by atoms with Crippen molar-refractivity contribution in [3.63, 3.8) is 0 Å². The number of unbranched alkanes of at least 4 members (excludes halogenated alkanes) is 2. The third-order valence-corrected chi connectivity index (χ3v) is 5.42. The predicted octanol–water partition coefficient (Wildman–Crippen LogP) is 7.18. The number of hydrogen-bond acceptors (Lipinski definition) is 3. The van der Waals surface area contributed by atoms with Crippen LogP contribution in [-0.4, -0.2) is 10.9 Å². The first-order valence-corrected chi connectivity index (χ1v) is 10.4. The van der Waals surface area contributed by atoms with E-state index < -0.39 is 0 Å². The fourth-order valence-electron chi connectivity index (χ4n) is 3.11. The van der Waals surface area contributed by atoms with E-state index in [0.29, 0.717) is 28.9 Å². The van der Waals surface area contributed by atoms with Gasteiger partial charge in [-0.3, -0.25) is 4.79 Å². The van der Waals surface area contributed by atoms with Crippen LogP contribution in [0.2, 0.25) is 5.02 Å². The van der Waals surface area contributed by atoms with Gasteiger partial charge >= 0.3 is 0 Å². The van der Waals surface area contributed by atoms with Crippen molar-refractivity contribution in [2.45, 2.75) is 58.8 Å².